The molecule has 0 N–H and O–H groups in total. The van der Waals surface area contributed by atoms with E-state index in [1.165, 1.54) is 43.8 Å². The molecule has 206 valence electrons. The molecule has 4 aromatic carbocycles. The second-order valence-electron chi connectivity index (χ2n) is 10.8. The summed E-state index contributed by atoms with van der Waals surface area (Å²) in [6.07, 6.45) is 11.2. The molecule has 0 aliphatic carbocycles. The highest BCUT2D eigenvalue weighted by molar-refractivity contribution is 6.21. The maximum atomic E-state index is 4.90. The lowest BCUT2D eigenvalue weighted by atomic mass is 9.85. The van der Waals surface area contributed by atoms with E-state index in [-0.39, 0.29) is 0 Å². The molecule has 44 heavy (non-hydrogen) atoms. The Hall–Kier alpha value is -6.00. The van der Waals surface area contributed by atoms with Crippen LogP contribution < -0.4 is 0 Å². The van der Waals surface area contributed by atoms with Crippen molar-refractivity contribution in [3.8, 4) is 55.9 Å². The highest BCUT2D eigenvalue weighted by atomic mass is 14.7. The number of benzene rings is 4. The van der Waals surface area contributed by atoms with Gasteiger partial charge in [-0.1, -0.05) is 78.9 Å². The number of nitrogens with zero attached hydrogens (tertiary/aromatic N) is 4. The normalized spacial score (nSPS) is 11.2. The average Bonchev–Trinajstić information content (AvgIpc) is 3.12. The van der Waals surface area contributed by atoms with Crippen molar-refractivity contribution in [3.63, 3.8) is 0 Å². The Morgan fingerprint density at radius 3 is 1.32 bits per heavy atom. The number of hydrogen-bond donors (Lipinski definition) is 0. The summed E-state index contributed by atoms with van der Waals surface area (Å²) in [6.45, 7) is 0. The van der Waals surface area contributed by atoms with Gasteiger partial charge in [0.2, 0.25) is 0 Å². The van der Waals surface area contributed by atoms with Crippen molar-refractivity contribution >= 4 is 21.5 Å². The van der Waals surface area contributed by atoms with E-state index in [2.05, 4.69) is 107 Å². The van der Waals surface area contributed by atoms with Crippen LogP contribution in [0.2, 0.25) is 0 Å². The first kappa shape index (κ1) is 25.7. The summed E-state index contributed by atoms with van der Waals surface area (Å²) in [6, 6.07) is 42.5. The van der Waals surface area contributed by atoms with Crippen LogP contribution in [0.5, 0.6) is 0 Å². The monoisotopic (exact) mass is 562 g/mol. The molecule has 0 saturated heterocycles. The Balaban J connectivity index is 1.38. The fourth-order valence-corrected chi connectivity index (χ4v) is 6.08. The average molecular weight is 563 g/mol. The van der Waals surface area contributed by atoms with Crippen LogP contribution in [0.15, 0.2) is 159 Å². The molecule has 0 bridgehead atoms. The molecule has 0 fully saturated rings. The van der Waals surface area contributed by atoms with E-state index in [1.54, 1.807) is 24.8 Å². The first-order valence-corrected chi connectivity index (χ1v) is 14.6. The van der Waals surface area contributed by atoms with Gasteiger partial charge in [0.15, 0.2) is 0 Å². The van der Waals surface area contributed by atoms with Gasteiger partial charge >= 0.3 is 0 Å². The summed E-state index contributed by atoms with van der Waals surface area (Å²) in [7, 11) is 0. The van der Waals surface area contributed by atoms with Crippen LogP contribution in [0.4, 0.5) is 0 Å². The molecule has 0 amide bonds. The maximum Gasteiger partial charge on any atom is 0.0703 e. The van der Waals surface area contributed by atoms with Gasteiger partial charge in [-0.15, -0.1) is 0 Å². The van der Waals surface area contributed by atoms with Crippen molar-refractivity contribution in [1.82, 2.24) is 19.9 Å². The van der Waals surface area contributed by atoms with E-state index < -0.39 is 0 Å². The zero-order valence-electron chi connectivity index (χ0n) is 23.8. The van der Waals surface area contributed by atoms with Gasteiger partial charge in [-0.3, -0.25) is 19.9 Å². The second kappa shape index (κ2) is 11.0. The van der Waals surface area contributed by atoms with Crippen LogP contribution in [-0.4, -0.2) is 19.9 Å². The lowest BCUT2D eigenvalue weighted by Crippen LogP contribution is -1.93. The number of hydrogen-bond acceptors (Lipinski definition) is 4. The van der Waals surface area contributed by atoms with Crippen molar-refractivity contribution in [2.45, 2.75) is 0 Å². The van der Waals surface area contributed by atoms with Crippen molar-refractivity contribution in [1.29, 1.82) is 0 Å². The van der Waals surface area contributed by atoms with Gasteiger partial charge in [0, 0.05) is 59.4 Å². The minimum absolute atomic E-state index is 0.923. The highest BCUT2D eigenvalue weighted by Crippen LogP contribution is 2.44. The third kappa shape index (κ3) is 4.59. The predicted molar refractivity (Wildman–Crippen MR) is 180 cm³/mol. The number of pyridine rings is 4. The van der Waals surface area contributed by atoms with E-state index in [0.29, 0.717) is 0 Å². The topological polar surface area (TPSA) is 51.6 Å². The molecule has 0 spiro atoms. The summed E-state index contributed by atoms with van der Waals surface area (Å²) in [5.41, 5.74) is 10.8. The number of fused-ring (bicyclic) bond motifs is 2. The molecule has 4 aromatic heterocycles. The van der Waals surface area contributed by atoms with Crippen LogP contribution >= 0.6 is 0 Å². The minimum Gasteiger partial charge on any atom is -0.265 e. The van der Waals surface area contributed by atoms with Crippen LogP contribution in [0.3, 0.4) is 0 Å². The van der Waals surface area contributed by atoms with Crippen molar-refractivity contribution in [2.24, 2.45) is 0 Å². The largest absolute Gasteiger partial charge is 0.265 e. The summed E-state index contributed by atoms with van der Waals surface area (Å²) < 4.78 is 0. The molecule has 4 heterocycles. The maximum absolute atomic E-state index is 4.90. The molecule has 0 radical (unpaired) electrons. The summed E-state index contributed by atoms with van der Waals surface area (Å²) >= 11 is 0. The van der Waals surface area contributed by atoms with Gasteiger partial charge in [-0.2, -0.15) is 0 Å². The van der Waals surface area contributed by atoms with E-state index in [0.717, 1.165) is 33.6 Å². The first-order valence-electron chi connectivity index (χ1n) is 14.6. The molecule has 0 saturated carbocycles. The smallest absolute Gasteiger partial charge is 0.0703 e. The molecule has 4 nitrogen and oxygen atoms in total. The zero-order valence-corrected chi connectivity index (χ0v) is 23.8. The summed E-state index contributed by atoms with van der Waals surface area (Å²) in [4.78, 5) is 18.1. The Morgan fingerprint density at radius 2 is 0.795 bits per heavy atom. The molecule has 0 unspecified atom stereocenters. The van der Waals surface area contributed by atoms with Gasteiger partial charge in [-0.05, 0) is 86.3 Å². The van der Waals surface area contributed by atoms with Crippen LogP contribution in [0, 0.1) is 0 Å². The zero-order chi connectivity index (χ0) is 29.3. The molecule has 0 aliphatic rings. The Kier molecular flexibility index (Phi) is 6.43. The quantitative estimate of drug-likeness (QED) is 0.196. The van der Waals surface area contributed by atoms with Gasteiger partial charge in [0.1, 0.15) is 0 Å². The standard InChI is InChI=1S/C40H26N4/c1-2-6-27(7-3-1)30-10-13-35-36(24-30)40(32-12-15-38(44-26-32)29-18-22-42-23-19-29)34-9-5-4-8-33(34)39(35)31-11-14-37(43-25-31)28-16-20-41-21-17-28/h1-26H. The molecular formula is C40H26N4. The van der Waals surface area contributed by atoms with E-state index >= 15 is 0 Å². The van der Waals surface area contributed by atoms with Gasteiger partial charge in [0.25, 0.3) is 0 Å². The third-order valence-electron chi connectivity index (χ3n) is 8.19. The Morgan fingerprint density at radius 1 is 0.318 bits per heavy atom. The van der Waals surface area contributed by atoms with E-state index in [1.807, 2.05) is 36.7 Å². The molecular weight excluding hydrogens is 536 g/mol. The van der Waals surface area contributed by atoms with Gasteiger partial charge in [-0.25, -0.2) is 0 Å². The fourth-order valence-electron chi connectivity index (χ4n) is 6.08. The lowest BCUT2D eigenvalue weighted by Gasteiger charge is -2.19. The molecule has 4 heteroatoms. The first-order chi connectivity index (χ1) is 21.8. The van der Waals surface area contributed by atoms with Crippen LogP contribution in [0.25, 0.3) is 77.4 Å². The Labute approximate surface area is 255 Å². The van der Waals surface area contributed by atoms with E-state index in [4.69, 9.17) is 9.97 Å². The summed E-state index contributed by atoms with van der Waals surface area (Å²) in [5.74, 6) is 0. The third-order valence-corrected chi connectivity index (χ3v) is 8.19. The van der Waals surface area contributed by atoms with Gasteiger partial charge < -0.3 is 0 Å². The molecule has 8 rings (SSSR count). The number of aromatic nitrogens is 4. The number of rotatable bonds is 5. The SMILES string of the molecule is c1ccc(-c2ccc3c(-c4ccc(-c5ccncc5)nc4)c4ccccc4c(-c4ccc(-c5ccncc5)nc4)c3c2)cc1. The molecule has 0 atom stereocenters. The fraction of sp³-hybridized carbons (Fsp3) is 0. The van der Waals surface area contributed by atoms with Crippen molar-refractivity contribution in [3.05, 3.63) is 159 Å². The minimum atomic E-state index is 0.923. The van der Waals surface area contributed by atoms with Gasteiger partial charge in [0.05, 0.1) is 11.4 Å². The van der Waals surface area contributed by atoms with Crippen molar-refractivity contribution < 1.29 is 0 Å². The van der Waals surface area contributed by atoms with Crippen LogP contribution in [0.1, 0.15) is 0 Å². The lowest BCUT2D eigenvalue weighted by molar-refractivity contribution is 1.29. The highest BCUT2D eigenvalue weighted by Gasteiger charge is 2.18. The van der Waals surface area contributed by atoms with E-state index in [9.17, 15) is 0 Å². The predicted octanol–water partition coefficient (Wildman–Crippen LogP) is 9.91. The van der Waals surface area contributed by atoms with Crippen LogP contribution in [-0.2, 0) is 0 Å². The van der Waals surface area contributed by atoms with Crippen molar-refractivity contribution in [2.75, 3.05) is 0 Å². The Bertz CT molecular complexity index is 2230. The summed E-state index contributed by atoms with van der Waals surface area (Å²) in [5, 5.41) is 4.71. The molecule has 8 aromatic rings. The molecule has 0 aliphatic heterocycles. The second-order valence-corrected chi connectivity index (χ2v) is 10.8.